The van der Waals surface area contributed by atoms with E-state index in [1.165, 1.54) is 0 Å². The van der Waals surface area contributed by atoms with E-state index in [9.17, 15) is 4.79 Å². The van der Waals surface area contributed by atoms with Crippen LogP contribution < -0.4 is 0 Å². The molecule has 1 aliphatic rings. The van der Waals surface area contributed by atoms with Crippen LogP contribution >= 0.6 is 0 Å². The summed E-state index contributed by atoms with van der Waals surface area (Å²) >= 11 is 0. The Hall–Kier alpha value is -1.33. The van der Waals surface area contributed by atoms with Crippen LogP contribution in [-0.4, -0.2) is 24.3 Å². The molecular formula is C17H25BO4. The Morgan fingerprint density at radius 1 is 1.09 bits per heavy atom. The molecule has 0 aliphatic carbocycles. The van der Waals surface area contributed by atoms with Crippen LogP contribution in [0.15, 0.2) is 30.3 Å². The van der Waals surface area contributed by atoms with Crippen molar-refractivity contribution in [3.05, 3.63) is 35.9 Å². The van der Waals surface area contributed by atoms with Gasteiger partial charge in [-0.25, -0.2) is 0 Å². The second kappa shape index (κ2) is 5.71. The van der Waals surface area contributed by atoms with Gasteiger partial charge >= 0.3 is 13.1 Å². The van der Waals surface area contributed by atoms with Crippen LogP contribution in [0.5, 0.6) is 0 Å². The number of hydrogen-bond donors (Lipinski definition) is 0. The molecule has 120 valence electrons. The number of carbonyl (C=O) groups is 1. The molecule has 0 N–H and O–H groups in total. The molecule has 5 heteroatoms. The van der Waals surface area contributed by atoms with Gasteiger partial charge in [0.1, 0.15) is 6.61 Å². The van der Waals surface area contributed by atoms with Crippen molar-refractivity contribution < 1.29 is 18.8 Å². The van der Waals surface area contributed by atoms with Crippen LogP contribution in [0.25, 0.3) is 0 Å². The first-order chi connectivity index (χ1) is 10.1. The van der Waals surface area contributed by atoms with E-state index in [2.05, 4.69) is 0 Å². The number of esters is 1. The molecule has 0 amide bonds. The zero-order valence-electron chi connectivity index (χ0n) is 14.3. The molecule has 1 aliphatic heterocycles. The molecule has 0 radical (unpaired) electrons. The van der Waals surface area contributed by atoms with Crippen LogP contribution in [0.3, 0.4) is 0 Å². The maximum atomic E-state index is 12.5. The fraction of sp³-hybridized carbons (Fsp3) is 0.588. The van der Waals surface area contributed by atoms with Crippen molar-refractivity contribution in [3.63, 3.8) is 0 Å². The highest BCUT2D eigenvalue weighted by Gasteiger charge is 2.59. The van der Waals surface area contributed by atoms with Gasteiger partial charge in [0.2, 0.25) is 0 Å². The lowest BCUT2D eigenvalue weighted by Gasteiger charge is -2.32. The SMILES string of the molecule is CC(C)(B1OC(C)(C)C(C)(C)O1)C(=O)OCc1ccccc1. The van der Waals surface area contributed by atoms with Crippen LogP contribution in [0.2, 0.25) is 5.31 Å². The second-order valence-corrected chi connectivity index (χ2v) is 7.37. The predicted octanol–water partition coefficient (Wildman–Crippen LogP) is 3.60. The van der Waals surface area contributed by atoms with Crippen LogP contribution in [0.4, 0.5) is 0 Å². The number of hydrogen-bond acceptors (Lipinski definition) is 4. The van der Waals surface area contributed by atoms with Gasteiger partial charge in [-0.1, -0.05) is 44.2 Å². The summed E-state index contributed by atoms with van der Waals surface area (Å²) in [5, 5.41) is -0.875. The third-order valence-electron chi connectivity index (χ3n) is 4.58. The average molecular weight is 304 g/mol. The summed E-state index contributed by atoms with van der Waals surface area (Å²) in [6.07, 6.45) is 0. The molecule has 1 heterocycles. The van der Waals surface area contributed by atoms with E-state index in [-0.39, 0.29) is 12.6 Å². The minimum atomic E-state index is -0.875. The first-order valence-corrected chi connectivity index (χ1v) is 7.63. The standard InChI is InChI=1S/C17H25BO4/c1-15(2,18-21-16(3,4)17(5,6)22-18)14(19)20-12-13-10-8-7-9-11-13/h7-11H,12H2,1-6H3. The fourth-order valence-corrected chi connectivity index (χ4v) is 2.14. The number of rotatable bonds is 4. The number of ether oxygens (including phenoxy) is 1. The Morgan fingerprint density at radius 3 is 2.09 bits per heavy atom. The van der Waals surface area contributed by atoms with Gasteiger partial charge in [0.25, 0.3) is 0 Å². The van der Waals surface area contributed by atoms with Crippen molar-refractivity contribution in [1.82, 2.24) is 0 Å². The Balaban J connectivity index is 2.02. The summed E-state index contributed by atoms with van der Waals surface area (Å²) in [5.41, 5.74) is 0.0316. The Morgan fingerprint density at radius 2 is 1.59 bits per heavy atom. The molecule has 0 atom stereocenters. The van der Waals surface area contributed by atoms with Crippen LogP contribution in [0.1, 0.15) is 47.1 Å². The maximum absolute atomic E-state index is 12.5. The van der Waals surface area contributed by atoms with Gasteiger partial charge in [-0.3, -0.25) is 4.79 Å². The lowest BCUT2D eigenvalue weighted by Crippen LogP contribution is -2.41. The van der Waals surface area contributed by atoms with Crippen LogP contribution in [0, 0.1) is 0 Å². The first-order valence-electron chi connectivity index (χ1n) is 7.63. The van der Waals surface area contributed by atoms with Crippen molar-refractivity contribution in [1.29, 1.82) is 0 Å². The summed E-state index contributed by atoms with van der Waals surface area (Å²) in [6.45, 7) is 11.7. The highest BCUT2D eigenvalue weighted by molar-refractivity contribution is 6.54. The van der Waals surface area contributed by atoms with E-state index in [1.807, 2.05) is 58.0 Å². The predicted molar refractivity (Wildman–Crippen MR) is 86.4 cm³/mol. The summed E-state index contributed by atoms with van der Waals surface area (Å²) in [6, 6.07) is 9.62. The summed E-state index contributed by atoms with van der Waals surface area (Å²) in [4.78, 5) is 12.5. The lowest BCUT2D eigenvalue weighted by atomic mass is 9.60. The van der Waals surface area contributed by atoms with Gasteiger partial charge in [0.15, 0.2) is 0 Å². The normalized spacial score (nSPS) is 20.0. The minimum absolute atomic E-state index is 0.253. The maximum Gasteiger partial charge on any atom is 0.475 e. The number of benzene rings is 1. The molecule has 1 aromatic carbocycles. The fourth-order valence-electron chi connectivity index (χ4n) is 2.14. The van der Waals surface area contributed by atoms with E-state index < -0.39 is 23.6 Å². The zero-order valence-corrected chi connectivity index (χ0v) is 14.3. The van der Waals surface area contributed by atoms with Crippen molar-refractivity contribution in [2.45, 2.75) is 64.7 Å². The molecule has 0 bridgehead atoms. The molecule has 4 nitrogen and oxygen atoms in total. The minimum Gasteiger partial charge on any atom is -0.461 e. The third-order valence-corrected chi connectivity index (χ3v) is 4.58. The van der Waals surface area contributed by atoms with Gasteiger partial charge in [-0.15, -0.1) is 0 Å². The monoisotopic (exact) mass is 304 g/mol. The van der Waals surface area contributed by atoms with Crippen molar-refractivity contribution in [2.75, 3.05) is 0 Å². The topological polar surface area (TPSA) is 44.8 Å². The molecule has 1 fully saturated rings. The molecule has 22 heavy (non-hydrogen) atoms. The smallest absolute Gasteiger partial charge is 0.461 e. The van der Waals surface area contributed by atoms with Crippen molar-refractivity contribution >= 4 is 13.1 Å². The quantitative estimate of drug-likeness (QED) is 0.630. The molecule has 0 unspecified atom stereocenters. The summed E-state index contributed by atoms with van der Waals surface area (Å²) in [7, 11) is -0.624. The van der Waals surface area contributed by atoms with Gasteiger partial charge in [0.05, 0.1) is 16.5 Å². The summed E-state index contributed by atoms with van der Waals surface area (Å²) < 4.78 is 17.4. The Bertz CT molecular complexity index is 521. The van der Waals surface area contributed by atoms with Crippen molar-refractivity contribution in [2.24, 2.45) is 0 Å². The zero-order chi connectivity index (χ0) is 16.6. The largest absolute Gasteiger partial charge is 0.475 e. The Labute approximate surface area is 133 Å². The van der Waals surface area contributed by atoms with Crippen molar-refractivity contribution in [3.8, 4) is 0 Å². The average Bonchev–Trinajstić information content (AvgIpc) is 2.66. The van der Waals surface area contributed by atoms with E-state index in [4.69, 9.17) is 14.0 Å². The second-order valence-electron chi connectivity index (χ2n) is 7.37. The molecule has 0 aromatic heterocycles. The highest BCUT2D eigenvalue weighted by Crippen LogP contribution is 2.45. The van der Waals surface area contributed by atoms with E-state index >= 15 is 0 Å². The molecule has 0 saturated carbocycles. The van der Waals surface area contributed by atoms with E-state index in [1.54, 1.807) is 13.8 Å². The first kappa shape index (κ1) is 17.0. The van der Waals surface area contributed by atoms with Gasteiger partial charge < -0.3 is 14.0 Å². The third kappa shape index (κ3) is 3.20. The van der Waals surface area contributed by atoms with Gasteiger partial charge in [0, 0.05) is 0 Å². The molecule has 1 saturated heterocycles. The Kier molecular flexibility index (Phi) is 4.42. The van der Waals surface area contributed by atoms with Gasteiger partial charge in [-0.2, -0.15) is 0 Å². The molecule has 2 rings (SSSR count). The van der Waals surface area contributed by atoms with Crippen LogP contribution in [-0.2, 0) is 25.4 Å². The molecular weight excluding hydrogens is 279 g/mol. The number of carbonyl (C=O) groups excluding carboxylic acids is 1. The molecule has 1 aromatic rings. The molecule has 0 spiro atoms. The lowest BCUT2D eigenvalue weighted by molar-refractivity contribution is -0.148. The highest BCUT2D eigenvalue weighted by atomic mass is 16.7. The summed E-state index contributed by atoms with van der Waals surface area (Å²) in [5.74, 6) is -0.324. The van der Waals surface area contributed by atoms with E-state index in [0.29, 0.717) is 0 Å². The van der Waals surface area contributed by atoms with E-state index in [0.717, 1.165) is 5.56 Å². The van der Waals surface area contributed by atoms with Gasteiger partial charge in [-0.05, 0) is 33.3 Å².